The maximum absolute atomic E-state index is 14.6. The fraction of sp³-hybridized carbons (Fsp3) is 0.323. The van der Waals surface area contributed by atoms with Crippen LogP contribution in [0.1, 0.15) is 55.7 Å². The number of benzene rings is 2. The summed E-state index contributed by atoms with van der Waals surface area (Å²) in [6.45, 7) is 0. The Morgan fingerprint density at radius 1 is 1.09 bits per heavy atom. The van der Waals surface area contributed by atoms with Crippen molar-refractivity contribution in [3.63, 3.8) is 0 Å². The van der Waals surface area contributed by atoms with Gasteiger partial charge in [-0.15, -0.1) is 0 Å². The zero-order chi connectivity index (χ0) is 30.7. The van der Waals surface area contributed by atoms with Crippen LogP contribution in [0, 0.1) is 17.1 Å². The molecule has 1 aromatic heterocycles. The van der Waals surface area contributed by atoms with E-state index in [2.05, 4.69) is 10.3 Å². The van der Waals surface area contributed by atoms with Crippen LogP contribution >= 0.6 is 11.6 Å². The third-order valence-electron chi connectivity index (χ3n) is 7.71. The molecule has 1 saturated heterocycles. The maximum atomic E-state index is 14.6. The number of pyridine rings is 1. The van der Waals surface area contributed by atoms with Crippen molar-refractivity contribution in [2.45, 2.75) is 62.6 Å². The highest BCUT2D eigenvalue weighted by Crippen LogP contribution is 2.37. The van der Waals surface area contributed by atoms with Crippen LogP contribution in [-0.4, -0.2) is 40.7 Å². The number of aromatic nitrogens is 1. The molecule has 1 saturated carbocycles. The van der Waals surface area contributed by atoms with E-state index in [0.717, 1.165) is 11.0 Å². The van der Waals surface area contributed by atoms with Gasteiger partial charge in [0, 0.05) is 47.8 Å². The number of hydrogen-bond donors (Lipinski definition) is 1. The first kappa shape index (κ1) is 30.0. The summed E-state index contributed by atoms with van der Waals surface area (Å²) in [5.74, 6) is -5.23. The summed E-state index contributed by atoms with van der Waals surface area (Å²) in [4.78, 5) is 48.2. The summed E-state index contributed by atoms with van der Waals surface area (Å²) in [5, 5.41) is 12.3. The molecule has 1 N–H and O–H groups in total. The van der Waals surface area contributed by atoms with Crippen molar-refractivity contribution in [2.75, 3.05) is 9.80 Å². The molecule has 3 amide bonds. The van der Waals surface area contributed by atoms with Gasteiger partial charge in [-0.1, -0.05) is 35.9 Å². The van der Waals surface area contributed by atoms with Gasteiger partial charge < -0.3 is 5.32 Å². The van der Waals surface area contributed by atoms with Crippen molar-refractivity contribution in [3.8, 4) is 6.07 Å². The summed E-state index contributed by atoms with van der Waals surface area (Å²) in [5.41, 5.74) is 0.475. The molecule has 0 unspecified atom stereocenters. The smallest absolute Gasteiger partial charge is 0.251 e. The lowest BCUT2D eigenvalue weighted by molar-refractivity contribution is -0.128. The van der Waals surface area contributed by atoms with Crippen molar-refractivity contribution in [1.29, 1.82) is 5.26 Å². The Bertz CT molecular complexity index is 1590. The molecule has 2 aromatic carbocycles. The molecular formula is C31H27ClF3N5O3. The second kappa shape index (κ2) is 12.4. The summed E-state index contributed by atoms with van der Waals surface area (Å²) >= 11 is 6.56. The summed E-state index contributed by atoms with van der Waals surface area (Å²) < 4.78 is 42.3. The molecule has 0 bridgehead atoms. The molecule has 12 heteroatoms. The van der Waals surface area contributed by atoms with Crippen molar-refractivity contribution in [2.24, 2.45) is 0 Å². The highest BCUT2D eigenvalue weighted by Gasteiger charge is 2.45. The van der Waals surface area contributed by atoms with E-state index in [-0.39, 0.29) is 53.3 Å². The average molecular weight is 610 g/mol. The number of hydrogen-bond acceptors (Lipinski definition) is 5. The van der Waals surface area contributed by atoms with Gasteiger partial charge in [0.25, 0.3) is 5.91 Å². The number of nitriles is 1. The first-order chi connectivity index (χ1) is 20.6. The van der Waals surface area contributed by atoms with E-state index in [0.29, 0.717) is 0 Å². The molecule has 5 rings (SSSR count). The van der Waals surface area contributed by atoms with Crippen LogP contribution in [0.4, 0.5) is 24.7 Å². The van der Waals surface area contributed by atoms with Crippen LogP contribution in [0.15, 0.2) is 66.9 Å². The second-order valence-corrected chi connectivity index (χ2v) is 11.0. The summed E-state index contributed by atoms with van der Waals surface area (Å²) in [6, 6.07) is 13.1. The van der Waals surface area contributed by atoms with Gasteiger partial charge in [-0.05, 0) is 55.7 Å². The van der Waals surface area contributed by atoms with Gasteiger partial charge in [0.05, 0.1) is 11.6 Å². The van der Waals surface area contributed by atoms with Crippen LogP contribution < -0.4 is 15.1 Å². The van der Waals surface area contributed by atoms with Crippen LogP contribution in [-0.2, 0) is 14.4 Å². The average Bonchev–Trinajstić information content (AvgIpc) is 3.38. The second-order valence-electron chi connectivity index (χ2n) is 10.6. The number of anilines is 2. The molecule has 8 nitrogen and oxygen atoms in total. The Morgan fingerprint density at radius 2 is 1.84 bits per heavy atom. The predicted octanol–water partition coefficient (Wildman–Crippen LogP) is 5.71. The maximum Gasteiger partial charge on any atom is 0.251 e. The molecule has 2 aliphatic rings. The highest BCUT2D eigenvalue weighted by atomic mass is 35.5. The van der Waals surface area contributed by atoms with E-state index in [1.54, 1.807) is 18.2 Å². The molecule has 3 aromatic rings. The molecule has 222 valence electrons. The first-order valence-corrected chi connectivity index (χ1v) is 14.2. The van der Waals surface area contributed by atoms with Gasteiger partial charge in [-0.2, -0.15) is 5.26 Å². The first-order valence-electron chi connectivity index (χ1n) is 13.8. The fourth-order valence-electron chi connectivity index (χ4n) is 5.57. The van der Waals surface area contributed by atoms with Gasteiger partial charge in [0.2, 0.25) is 17.7 Å². The van der Waals surface area contributed by atoms with Crippen molar-refractivity contribution in [3.05, 3.63) is 88.8 Å². The SMILES string of the molecule is N#Cc1ccnc(N2C(=O)CC[C@H]2C(=O)N(c2cccc(F)c2)[C@@H](C(=O)NC2CCC(F)(F)CC2)c2ccccc2Cl)c1. The lowest BCUT2D eigenvalue weighted by Gasteiger charge is -2.37. The lowest BCUT2D eigenvalue weighted by atomic mass is 9.91. The van der Waals surface area contributed by atoms with Gasteiger partial charge in [-0.25, -0.2) is 18.2 Å². The number of rotatable bonds is 7. The summed E-state index contributed by atoms with van der Waals surface area (Å²) in [7, 11) is 0. The third kappa shape index (κ3) is 6.49. The molecule has 1 aliphatic heterocycles. The van der Waals surface area contributed by atoms with Crippen LogP contribution in [0.2, 0.25) is 5.02 Å². The molecular weight excluding hydrogens is 583 g/mol. The Balaban J connectivity index is 1.59. The molecule has 2 fully saturated rings. The van der Waals surface area contributed by atoms with E-state index < -0.39 is 60.4 Å². The molecule has 2 atom stereocenters. The van der Waals surface area contributed by atoms with Crippen molar-refractivity contribution >= 4 is 40.8 Å². The van der Waals surface area contributed by atoms with Gasteiger partial charge in [0.15, 0.2) is 0 Å². The fourth-order valence-corrected chi connectivity index (χ4v) is 5.81. The summed E-state index contributed by atoms with van der Waals surface area (Å²) in [6.07, 6.45) is 0.687. The van der Waals surface area contributed by atoms with Gasteiger partial charge in [0.1, 0.15) is 23.7 Å². The van der Waals surface area contributed by atoms with Crippen LogP contribution in [0.3, 0.4) is 0 Å². The number of halogens is 4. The van der Waals surface area contributed by atoms with E-state index in [9.17, 15) is 32.8 Å². The topological polar surface area (TPSA) is 106 Å². The van der Waals surface area contributed by atoms with Gasteiger partial charge >= 0.3 is 0 Å². The third-order valence-corrected chi connectivity index (χ3v) is 8.06. The van der Waals surface area contributed by atoms with Gasteiger partial charge in [-0.3, -0.25) is 24.2 Å². The standard InChI is InChI=1S/C31H27ClF3N5O3/c32-24-7-2-1-6-23(24)28(29(42)38-21-10-13-31(34,35)14-11-21)39(22-5-3-4-20(33)17-22)30(43)25-8-9-27(41)40(25)26-16-19(18-36)12-15-37-26/h1-7,12,15-17,21,25,28H,8-11,13-14H2,(H,38,42)/t25-,28+/m0/s1. The number of nitrogens with zero attached hydrogens (tertiary/aromatic N) is 4. The molecule has 0 radical (unpaired) electrons. The number of amides is 3. The van der Waals surface area contributed by atoms with Crippen LogP contribution in [0.25, 0.3) is 0 Å². The molecule has 43 heavy (non-hydrogen) atoms. The Labute approximate surface area is 251 Å². The number of nitrogens with one attached hydrogen (secondary N) is 1. The quantitative estimate of drug-likeness (QED) is 0.369. The monoisotopic (exact) mass is 609 g/mol. The van der Waals surface area contributed by atoms with E-state index in [1.165, 1.54) is 47.5 Å². The number of carbonyl (C=O) groups excluding carboxylic acids is 3. The van der Waals surface area contributed by atoms with Crippen molar-refractivity contribution < 1.29 is 27.6 Å². The zero-order valence-corrected chi connectivity index (χ0v) is 23.6. The lowest BCUT2D eigenvalue weighted by Crippen LogP contribution is -2.53. The van der Waals surface area contributed by atoms with Crippen LogP contribution in [0.5, 0.6) is 0 Å². The van der Waals surface area contributed by atoms with E-state index in [4.69, 9.17) is 11.6 Å². The largest absolute Gasteiger partial charge is 0.351 e. The normalized spacial score (nSPS) is 19.0. The molecule has 1 aliphatic carbocycles. The number of alkyl halides is 2. The number of carbonyl (C=O) groups is 3. The minimum absolute atomic E-state index is 0.00883. The Kier molecular flexibility index (Phi) is 8.69. The minimum Gasteiger partial charge on any atom is -0.351 e. The van der Waals surface area contributed by atoms with E-state index >= 15 is 0 Å². The predicted molar refractivity (Wildman–Crippen MR) is 153 cm³/mol. The zero-order valence-electron chi connectivity index (χ0n) is 22.9. The Hall–Kier alpha value is -4.43. The molecule has 2 heterocycles. The highest BCUT2D eigenvalue weighted by molar-refractivity contribution is 6.31. The Morgan fingerprint density at radius 3 is 2.53 bits per heavy atom. The minimum atomic E-state index is -2.82. The van der Waals surface area contributed by atoms with E-state index in [1.807, 2.05) is 6.07 Å². The molecule has 0 spiro atoms. The van der Waals surface area contributed by atoms with Crippen molar-refractivity contribution in [1.82, 2.24) is 10.3 Å².